The van der Waals surface area contributed by atoms with Gasteiger partial charge in [-0.2, -0.15) is 0 Å². The fraction of sp³-hybridized carbons (Fsp3) is 0.700. The summed E-state index contributed by atoms with van der Waals surface area (Å²) >= 11 is 1.44. The van der Waals surface area contributed by atoms with Crippen molar-refractivity contribution in [3.05, 3.63) is 0 Å². The molecule has 1 aliphatic rings. The molecule has 6 nitrogen and oxygen atoms in total. The highest BCUT2D eigenvalue weighted by Crippen LogP contribution is 2.08. The molecule has 2 N–H and O–H groups in total. The molecular formula is C10H17N3O3S. The third-order valence-electron chi connectivity index (χ3n) is 1.97. The summed E-state index contributed by atoms with van der Waals surface area (Å²) in [6.07, 6.45) is 0.697. The molecule has 2 amide bonds. The van der Waals surface area contributed by atoms with E-state index in [4.69, 9.17) is 4.74 Å². The second-order valence-electron chi connectivity index (χ2n) is 3.30. The molecule has 17 heavy (non-hydrogen) atoms. The van der Waals surface area contributed by atoms with Crippen molar-refractivity contribution in [2.75, 3.05) is 32.1 Å². The quantitative estimate of drug-likeness (QED) is 0.527. The van der Waals surface area contributed by atoms with E-state index in [1.807, 2.05) is 6.92 Å². The molecule has 0 saturated carbocycles. The fourth-order valence-electron chi connectivity index (χ4n) is 1.17. The van der Waals surface area contributed by atoms with Crippen LogP contribution in [0.15, 0.2) is 4.99 Å². The lowest BCUT2D eigenvalue weighted by molar-refractivity contribution is -0.138. The van der Waals surface area contributed by atoms with Crippen LogP contribution in [0.3, 0.4) is 0 Å². The first kappa shape index (κ1) is 14.0. The predicted octanol–water partition coefficient (Wildman–Crippen LogP) is -0.252. The van der Waals surface area contributed by atoms with Gasteiger partial charge in [0.15, 0.2) is 5.17 Å². The zero-order valence-corrected chi connectivity index (χ0v) is 10.6. The smallest absolute Gasteiger partial charge is 0.315 e. The summed E-state index contributed by atoms with van der Waals surface area (Å²) in [4.78, 5) is 26.7. The Balaban J connectivity index is 2.11. The molecule has 1 aliphatic heterocycles. The molecule has 0 atom stereocenters. The third-order valence-corrected chi connectivity index (χ3v) is 2.86. The van der Waals surface area contributed by atoms with E-state index >= 15 is 0 Å². The summed E-state index contributed by atoms with van der Waals surface area (Å²) in [6.45, 7) is 4.28. The van der Waals surface area contributed by atoms with Crippen LogP contribution in [0.4, 0.5) is 0 Å². The van der Waals surface area contributed by atoms with Gasteiger partial charge in [-0.25, -0.2) is 0 Å². The van der Waals surface area contributed by atoms with Gasteiger partial charge in [0.25, 0.3) is 0 Å². The van der Waals surface area contributed by atoms with Crippen molar-refractivity contribution in [3.8, 4) is 0 Å². The number of rotatable bonds is 5. The Morgan fingerprint density at radius 2 is 2.29 bits per heavy atom. The monoisotopic (exact) mass is 259 g/mol. The molecule has 0 radical (unpaired) electrons. The number of amides is 2. The van der Waals surface area contributed by atoms with Crippen molar-refractivity contribution in [3.63, 3.8) is 0 Å². The van der Waals surface area contributed by atoms with Crippen molar-refractivity contribution in [1.29, 1.82) is 0 Å². The number of aliphatic imine (C=N–C) groups is 1. The maximum absolute atomic E-state index is 11.4. The lowest BCUT2D eigenvalue weighted by Crippen LogP contribution is -2.42. The van der Waals surface area contributed by atoms with Crippen molar-refractivity contribution in [2.24, 2.45) is 4.99 Å². The van der Waals surface area contributed by atoms with Crippen LogP contribution in [0.2, 0.25) is 0 Å². The summed E-state index contributed by atoms with van der Waals surface area (Å²) in [5.74, 6) is -0.433. The number of carbonyl (C=O) groups excluding carboxylic acids is 2. The molecule has 0 saturated heterocycles. The van der Waals surface area contributed by atoms with Gasteiger partial charge in [0.05, 0.1) is 6.54 Å². The van der Waals surface area contributed by atoms with Crippen LogP contribution < -0.4 is 10.6 Å². The number of thioether (sulfide) groups is 1. The zero-order chi connectivity index (χ0) is 12.5. The van der Waals surface area contributed by atoms with Gasteiger partial charge in [0, 0.05) is 25.5 Å². The number of amidine groups is 1. The minimum atomic E-state index is -0.658. The summed E-state index contributed by atoms with van der Waals surface area (Å²) in [6, 6.07) is 0. The van der Waals surface area contributed by atoms with Crippen molar-refractivity contribution in [1.82, 2.24) is 10.6 Å². The highest BCUT2D eigenvalue weighted by Gasteiger charge is 2.16. The van der Waals surface area contributed by atoms with Gasteiger partial charge >= 0.3 is 11.8 Å². The normalized spacial score (nSPS) is 14.3. The number of carbonyl (C=O) groups is 2. The molecule has 0 aliphatic carbocycles. The SMILES string of the molecule is CCOCCCNC(=O)C(=O)NC1=NCCS1. The maximum Gasteiger partial charge on any atom is 0.315 e. The lowest BCUT2D eigenvalue weighted by atomic mass is 10.4. The summed E-state index contributed by atoms with van der Waals surface area (Å²) < 4.78 is 5.11. The van der Waals surface area contributed by atoms with Gasteiger partial charge < -0.3 is 10.1 Å². The zero-order valence-electron chi connectivity index (χ0n) is 9.82. The Morgan fingerprint density at radius 1 is 1.47 bits per heavy atom. The lowest BCUT2D eigenvalue weighted by Gasteiger charge is -2.05. The molecule has 0 aromatic heterocycles. The number of hydrogen-bond acceptors (Lipinski definition) is 5. The molecule has 0 spiro atoms. The average molecular weight is 259 g/mol. The van der Waals surface area contributed by atoms with Gasteiger partial charge in [-0.3, -0.25) is 19.9 Å². The van der Waals surface area contributed by atoms with E-state index in [1.165, 1.54) is 11.8 Å². The Kier molecular flexibility index (Phi) is 6.64. The van der Waals surface area contributed by atoms with Crippen LogP contribution in [0.1, 0.15) is 13.3 Å². The van der Waals surface area contributed by atoms with Crippen molar-refractivity contribution in [2.45, 2.75) is 13.3 Å². The fourth-order valence-corrected chi connectivity index (χ4v) is 1.89. The van der Waals surface area contributed by atoms with E-state index in [2.05, 4.69) is 15.6 Å². The Labute approximate surface area is 105 Å². The predicted molar refractivity (Wildman–Crippen MR) is 67.0 cm³/mol. The van der Waals surface area contributed by atoms with Crippen molar-refractivity contribution >= 4 is 28.7 Å². The van der Waals surface area contributed by atoms with Gasteiger partial charge in [0.2, 0.25) is 0 Å². The maximum atomic E-state index is 11.4. The van der Waals surface area contributed by atoms with Crippen LogP contribution in [-0.2, 0) is 14.3 Å². The van der Waals surface area contributed by atoms with Gasteiger partial charge in [0.1, 0.15) is 0 Å². The molecular weight excluding hydrogens is 242 g/mol. The molecule has 1 rings (SSSR count). The van der Waals surface area contributed by atoms with Crippen molar-refractivity contribution < 1.29 is 14.3 Å². The first-order chi connectivity index (χ1) is 8.24. The van der Waals surface area contributed by atoms with Crippen LogP contribution in [0, 0.1) is 0 Å². The van der Waals surface area contributed by atoms with E-state index in [0.717, 1.165) is 5.75 Å². The minimum absolute atomic E-state index is 0.436. The summed E-state index contributed by atoms with van der Waals surface area (Å²) in [5, 5.41) is 5.51. The average Bonchev–Trinajstić information content (AvgIpc) is 2.81. The highest BCUT2D eigenvalue weighted by molar-refractivity contribution is 8.14. The Bertz CT molecular complexity index is 307. The van der Waals surface area contributed by atoms with E-state index < -0.39 is 11.8 Å². The van der Waals surface area contributed by atoms with E-state index in [1.54, 1.807) is 0 Å². The minimum Gasteiger partial charge on any atom is -0.382 e. The summed E-state index contributed by atoms with van der Waals surface area (Å²) in [5.41, 5.74) is 0. The molecule has 0 bridgehead atoms. The molecule has 96 valence electrons. The molecule has 7 heteroatoms. The Hall–Kier alpha value is -1.08. The third kappa shape index (κ3) is 5.69. The van der Waals surface area contributed by atoms with Crippen LogP contribution in [0.25, 0.3) is 0 Å². The van der Waals surface area contributed by atoms with Crippen LogP contribution in [-0.4, -0.2) is 49.0 Å². The standard InChI is InChI=1S/C10H17N3O3S/c1-2-16-6-3-4-11-8(14)9(15)13-10-12-5-7-17-10/h2-7H2,1H3,(H,11,14)(H,12,13,15). The first-order valence-electron chi connectivity index (χ1n) is 5.58. The first-order valence-corrected chi connectivity index (χ1v) is 6.56. The molecule has 0 unspecified atom stereocenters. The highest BCUT2D eigenvalue weighted by atomic mass is 32.2. The van der Waals surface area contributed by atoms with Gasteiger partial charge in [-0.1, -0.05) is 11.8 Å². The molecule has 0 fully saturated rings. The van der Waals surface area contributed by atoms with E-state index in [-0.39, 0.29) is 0 Å². The number of hydrogen-bond donors (Lipinski definition) is 2. The molecule has 0 aromatic carbocycles. The Morgan fingerprint density at radius 3 is 2.94 bits per heavy atom. The molecule has 0 aromatic rings. The largest absolute Gasteiger partial charge is 0.382 e. The number of nitrogens with one attached hydrogen (secondary N) is 2. The van der Waals surface area contributed by atoms with Gasteiger partial charge in [-0.05, 0) is 13.3 Å². The van der Waals surface area contributed by atoms with Crippen LogP contribution >= 0.6 is 11.8 Å². The second kappa shape index (κ2) is 8.08. The number of ether oxygens (including phenoxy) is 1. The van der Waals surface area contributed by atoms with Gasteiger partial charge in [-0.15, -0.1) is 0 Å². The second-order valence-corrected chi connectivity index (χ2v) is 4.38. The molecule has 1 heterocycles. The van der Waals surface area contributed by atoms with E-state index in [0.29, 0.717) is 37.9 Å². The number of nitrogens with zero attached hydrogens (tertiary/aromatic N) is 1. The topological polar surface area (TPSA) is 79.8 Å². The summed E-state index contributed by atoms with van der Waals surface area (Å²) in [7, 11) is 0. The van der Waals surface area contributed by atoms with E-state index in [9.17, 15) is 9.59 Å². The van der Waals surface area contributed by atoms with Crippen LogP contribution in [0.5, 0.6) is 0 Å².